The molecule has 0 aliphatic heterocycles. The maximum atomic E-state index is 2.75. The largest absolute Gasteiger partial charge is 0.323 e. The number of aryl methyl sites for hydroxylation is 2. The van der Waals surface area contributed by atoms with E-state index < -0.39 is 0 Å². The molecule has 0 heterocycles. The van der Waals surface area contributed by atoms with E-state index >= 15 is 0 Å². The van der Waals surface area contributed by atoms with E-state index in [1.807, 2.05) is 14.1 Å². The molecule has 1 rings (SSSR count). The molecule has 1 nitrogen and oxygen atoms in total. The zero-order valence-corrected chi connectivity index (χ0v) is 8.73. The first-order chi connectivity index (χ1) is 5.63. The van der Waals surface area contributed by atoms with Gasteiger partial charge in [0.2, 0.25) is 0 Å². The Morgan fingerprint density at radius 3 is 1.50 bits per heavy atom. The third-order valence-electron chi connectivity index (χ3n) is 1.88. The summed E-state index contributed by atoms with van der Waals surface area (Å²) in [7, 11) is 3.75. The number of benzene rings is 1. The molecule has 1 aromatic carbocycles. The van der Waals surface area contributed by atoms with Crippen molar-refractivity contribution in [1.29, 1.82) is 0 Å². The molecular weight excluding hydrogens is 146 g/mol. The first kappa shape index (κ1) is 11.2. The van der Waals surface area contributed by atoms with Crippen LogP contribution in [0.25, 0.3) is 0 Å². The van der Waals surface area contributed by atoms with Gasteiger partial charge >= 0.3 is 0 Å². The molecule has 0 fully saturated rings. The smallest absolute Gasteiger partial charge is 0.0167 e. The van der Waals surface area contributed by atoms with Crippen LogP contribution >= 0.6 is 0 Å². The lowest BCUT2D eigenvalue weighted by Gasteiger charge is -2.00. The highest BCUT2D eigenvalue weighted by Crippen LogP contribution is 2.09. The molecule has 1 heteroatoms. The Labute approximate surface area is 75.8 Å². The summed E-state index contributed by atoms with van der Waals surface area (Å²) in [5, 5.41) is 2.75. The summed E-state index contributed by atoms with van der Waals surface area (Å²) in [6.45, 7) is 6.44. The quantitative estimate of drug-likeness (QED) is 0.622. The number of hydrogen-bond acceptors (Lipinski definition) is 1. The van der Waals surface area contributed by atoms with E-state index in [1.165, 1.54) is 16.7 Å². The van der Waals surface area contributed by atoms with Crippen LogP contribution in [-0.4, -0.2) is 14.1 Å². The van der Waals surface area contributed by atoms with Crippen LogP contribution in [0.1, 0.15) is 16.7 Å². The van der Waals surface area contributed by atoms with E-state index in [4.69, 9.17) is 0 Å². The Morgan fingerprint density at radius 1 is 0.917 bits per heavy atom. The monoisotopic (exact) mass is 165 g/mol. The molecule has 0 aliphatic rings. The summed E-state index contributed by atoms with van der Waals surface area (Å²) < 4.78 is 0. The van der Waals surface area contributed by atoms with Crippen molar-refractivity contribution >= 4 is 0 Å². The van der Waals surface area contributed by atoms with E-state index in [2.05, 4.69) is 44.3 Å². The lowest BCUT2D eigenvalue weighted by Crippen LogP contribution is -1.89. The van der Waals surface area contributed by atoms with E-state index in [9.17, 15) is 0 Å². The fourth-order valence-electron chi connectivity index (χ4n) is 0.898. The van der Waals surface area contributed by atoms with Crippen LogP contribution in [0.3, 0.4) is 0 Å². The molecular formula is C11H19N. The van der Waals surface area contributed by atoms with Crippen molar-refractivity contribution in [3.63, 3.8) is 0 Å². The molecule has 0 spiro atoms. The van der Waals surface area contributed by atoms with Gasteiger partial charge in [0.15, 0.2) is 0 Å². The van der Waals surface area contributed by atoms with Crippen molar-refractivity contribution < 1.29 is 0 Å². The molecule has 0 aromatic heterocycles. The minimum Gasteiger partial charge on any atom is -0.323 e. The van der Waals surface area contributed by atoms with Crippen LogP contribution < -0.4 is 5.32 Å². The van der Waals surface area contributed by atoms with Gasteiger partial charge in [0, 0.05) is 0 Å². The van der Waals surface area contributed by atoms with Gasteiger partial charge in [-0.1, -0.05) is 18.2 Å². The van der Waals surface area contributed by atoms with Gasteiger partial charge in [-0.15, -0.1) is 0 Å². The third kappa shape index (κ3) is 3.54. The van der Waals surface area contributed by atoms with E-state index in [0.29, 0.717) is 0 Å². The topological polar surface area (TPSA) is 12.0 Å². The van der Waals surface area contributed by atoms with Crippen molar-refractivity contribution in [2.45, 2.75) is 20.8 Å². The molecule has 1 N–H and O–H groups in total. The van der Waals surface area contributed by atoms with Gasteiger partial charge < -0.3 is 5.32 Å². The van der Waals surface area contributed by atoms with Gasteiger partial charge in [0.1, 0.15) is 0 Å². The summed E-state index contributed by atoms with van der Waals surface area (Å²) >= 11 is 0. The predicted molar refractivity (Wildman–Crippen MR) is 55.6 cm³/mol. The highest BCUT2D eigenvalue weighted by molar-refractivity contribution is 5.31. The Balaban J connectivity index is 0.000000354. The molecule has 0 unspecified atom stereocenters. The van der Waals surface area contributed by atoms with Crippen LogP contribution in [-0.2, 0) is 0 Å². The average Bonchev–Trinajstić information content (AvgIpc) is 2.02. The van der Waals surface area contributed by atoms with Crippen molar-refractivity contribution in [3.8, 4) is 0 Å². The minimum absolute atomic E-state index is 1.38. The van der Waals surface area contributed by atoms with Crippen LogP contribution in [0.5, 0.6) is 0 Å². The van der Waals surface area contributed by atoms with Gasteiger partial charge in [-0.25, -0.2) is 0 Å². The molecule has 0 radical (unpaired) electrons. The first-order valence-corrected chi connectivity index (χ1v) is 4.24. The second kappa shape index (κ2) is 5.78. The van der Waals surface area contributed by atoms with Gasteiger partial charge in [-0.05, 0) is 51.6 Å². The molecule has 12 heavy (non-hydrogen) atoms. The van der Waals surface area contributed by atoms with Gasteiger partial charge in [-0.3, -0.25) is 0 Å². The van der Waals surface area contributed by atoms with Gasteiger partial charge in [-0.2, -0.15) is 0 Å². The van der Waals surface area contributed by atoms with Crippen LogP contribution in [0.4, 0.5) is 0 Å². The predicted octanol–water partition coefficient (Wildman–Crippen LogP) is 2.45. The summed E-state index contributed by atoms with van der Waals surface area (Å²) in [5.74, 6) is 0. The maximum Gasteiger partial charge on any atom is -0.0167 e. The lowest BCUT2D eigenvalue weighted by molar-refractivity contribution is 1.02. The Bertz CT molecular complexity index is 208. The summed E-state index contributed by atoms with van der Waals surface area (Å²) in [6.07, 6.45) is 0. The maximum absolute atomic E-state index is 2.75. The average molecular weight is 165 g/mol. The van der Waals surface area contributed by atoms with Gasteiger partial charge in [0.25, 0.3) is 0 Å². The second-order valence-electron chi connectivity index (χ2n) is 3.02. The van der Waals surface area contributed by atoms with Gasteiger partial charge in [0.05, 0.1) is 0 Å². The normalized spacial score (nSPS) is 8.75. The van der Waals surface area contributed by atoms with E-state index in [-0.39, 0.29) is 0 Å². The van der Waals surface area contributed by atoms with E-state index in [1.54, 1.807) is 0 Å². The Morgan fingerprint density at radius 2 is 1.25 bits per heavy atom. The van der Waals surface area contributed by atoms with Crippen LogP contribution in [0.15, 0.2) is 18.2 Å². The lowest BCUT2D eigenvalue weighted by atomic mass is 10.1. The van der Waals surface area contributed by atoms with Crippen LogP contribution in [0, 0.1) is 20.8 Å². The molecule has 0 amide bonds. The molecule has 0 saturated carbocycles. The number of hydrogen-bond donors (Lipinski definition) is 1. The zero-order chi connectivity index (χ0) is 9.56. The fraction of sp³-hybridized carbons (Fsp3) is 0.455. The summed E-state index contributed by atoms with van der Waals surface area (Å²) in [6, 6.07) is 6.38. The summed E-state index contributed by atoms with van der Waals surface area (Å²) in [4.78, 5) is 0. The highest BCUT2D eigenvalue weighted by Gasteiger charge is 1.91. The van der Waals surface area contributed by atoms with Crippen molar-refractivity contribution in [2.24, 2.45) is 0 Å². The molecule has 0 aliphatic carbocycles. The van der Waals surface area contributed by atoms with Crippen molar-refractivity contribution in [3.05, 3.63) is 34.9 Å². The molecule has 68 valence electrons. The highest BCUT2D eigenvalue weighted by atomic mass is 14.7. The zero-order valence-electron chi connectivity index (χ0n) is 8.73. The fourth-order valence-corrected chi connectivity index (χ4v) is 0.898. The molecule has 1 aromatic rings. The standard InChI is InChI=1S/C9H12.C2H7N/c1-7-5-4-6-8(2)9(7)3;1-3-2/h4-6H,1-3H3;3H,1-2H3. The number of nitrogens with one attached hydrogen (secondary N) is 1. The van der Waals surface area contributed by atoms with Crippen LogP contribution in [0.2, 0.25) is 0 Å². The van der Waals surface area contributed by atoms with Crippen molar-refractivity contribution in [1.82, 2.24) is 5.32 Å². The molecule has 0 bridgehead atoms. The summed E-state index contributed by atoms with van der Waals surface area (Å²) in [5.41, 5.74) is 4.18. The van der Waals surface area contributed by atoms with Crippen molar-refractivity contribution in [2.75, 3.05) is 14.1 Å². The SMILES string of the molecule is CNC.Cc1cccc(C)c1C. The first-order valence-electron chi connectivity index (χ1n) is 4.24. The van der Waals surface area contributed by atoms with E-state index in [0.717, 1.165) is 0 Å². The third-order valence-corrected chi connectivity index (χ3v) is 1.88. The molecule has 0 atom stereocenters. The minimum atomic E-state index is 1.38. The number of rotatable bonds is 0. The molecule has 0 saturated heterocycles. The Kier molecular flexibility index (Phi) is 5.39. The Hall–Kier alpha value is -0.820. The second-order valence-corrected chi connectivity index (χ2v) is 3.02.